The predicted molar refractivity (Wildman–Crippen MR) is 75.3 cm³/mol. The Morgan fingerprint density at radius 3 is 2.43 bits per heavy atom. The number of aromatic nitrogens is 2. The summed E-state index contributed by atoms with van der Waals surface area (Å²) in [6.07, 6.45) is 3.14. The average molecular weight is 285 g/mol. The molecule has 2 aromatic rings. The summed E-state index contributed by atoms with van der Waals surface area (Å²) in [6.45, 7) is 0. The van der Waals surface area contributed by atoms with E-state index in [1.54, 1.807) is 38.4 Å². The van der Waals surface area contributed by atoms with Crippen molar-refractivity contribution in [3.05, 3.63) is 60.2 Å². The first kappa shape index (κ1) is 14.6. The Kier molecular flexibility index (Phi) is 4.61. The summed E-state index contributed by atoms with van der Waals surface area (Å²) in [5, 5.41) is 0. The molecule has 0 aliphatic carbocycles. The first-order valence-electron chi connectivity index (χ1n) is 6.32. The Bertz CT molecular complexity index is 615. The molecule has 0 N–H and O–H groups in total. The zero-order chi connectivity index (χ0) is 15.2. The maximum Gasteiger partial charge on any atom is 0.359 e. The van der Waals surface area contributed by atoms with Gasteiger partial charge in [0.1, 0.15) is 0 Å². The summed E-state index contributed by atoms with van der Waals surface area (Å²) >= 11 is 0. The van der Waals surface area contributed by atoms with Crippen LogP contribution in [0.4, 0.5) is 0 Å². The van der Waals surface area contributed by atoms with Gasteiger partial charge in [-0.15, -0.1) is 0 Å². The Morgan fingerprint density at radius 1 is 1.14 bits per heavy atom. The highest BCUT2D eigenvalue weighted by atomic mass is 16.5. The van der Waals surface area contributed by atoms with Gasteiger partial charge in [0.25, 0.3) is 5.91 Å². The zero-order valence-corrected chi connectivity index (χ0v) is 11.8. The van der Waals surface area contributed by atoms with Crippen molar-refractivity contribution in [3.63, 3.8) is 0 Å². The molecule has 1 heterocycles. The molecule has 0 radical (unpaired) electrons. The van der Waals surface area contributed by atoms with Crippen molar-refractivity contribution in [2.45, 2.75) is 6.10 Å². The van der Waals surface area contributed by atoms with E-state index in [9.17, 15) is 9.59 Å². The van der Waals surface area contributed by atoms with Crippen molar-refractivity contribution in [3.8, 4) is 0 Å². The molecule has 1 amide bonds. The highest BCUT2D eigenvalue weighted by molar-refractivity contribution is 5.90. The van der Waals surface area contributed by atoms with E-state index < -0.39 is 12.1 Å². The van der Waals surface area contributed by atoms with Gasteiger partial charge in [-0.3, -0.25) is 9.78 Å². The Balaban J connectivity index is 2.25. The number of amides is 1. The maximum absolute atomic E-state index is 12.2. The van der Waals surface area contributed by atoms with Gasteiger partial charge in [0.05, 0.1) is 6.20 Å². The lowest BCUT2D eigenvalue weighted by Crippen LogP contribution is -2.31. The van der Waals surface area contributed by atoms with Gasteiger partial charge >= 0.3 is 5.97 Å². The minimum Gasteiger partial charge on any atom is -0.443 e. The predicted octanol–water partition coefficient (Wildman–Crippen LogP) is 1.46. The molecular weight excluding hydrogens is 270 g/mol. The molecule has 0 saturated carbocycles. The van der Waals surface area contributed by atoms with Gasteiger partial charge in [0.15, 0.2) is 5.69 Å². The number of carbonyl (C=O) groups is 2. The van der Waals surface area contributed by atoms with Crippen LogP contribution in [0.1, 0.15) is 22.2 Å². The van der Waals surface area contributed by atoms with Gasteiger partial charge in [0.2, 0.25) is 6.10 Å². The number of nitrogens with zero attached hydrogens (tertiary/aromatic N) is 3. The monoisotopic (exact) mass is 285 g/mol. The van der Waals surface area contributed by atoms with E-state index in [2.05, 4.69) is 9.97 Å². The third kappa shape index (κ3) is 3.62. The van der Waals surface area contributed by atoms with Crippen LogP contribution < -0.4 is 0 Å². The van der Waals surface area contributed by atoms with E-state index in [4.69, 9.17) is 4.74 Å². The minimum absolute atomic E-state index is 0.0602. The lowest BCUT2D eigenvalue weighted by atomic mass is 10.1. The molecule has 6 heteroatoms. The van der Waals surface area contributed by atoms with Crippen LogP contribution in [0.25, 0.3) is 0 Å². The van der Waals surface area contributed by atoms with Crippen LogP contribution in [0.3, 0.4) is 0 Å². The largest absolute Gasteiger partial charge is 0.443 e. The third-order valence-electron chi connectivity index (χ3n) is 2.76. The van der Waals surface area contributed by atoms with E-state index in [1.165, 1.54) is 23.5 Å². The van der Waals surface area contributed by atoms with Crippen molar-refractivity contribution in [2.75, 3.05) is 14.1 Å². The van der Waals surface area contributed by atoms with Crippen molar-refractivity contribution >= 4 is 11.9 Å². The number of hydrogen-bond donors (Lipinski definition) is 0. The second-order valence-electron chi connectivity index (χ2n) is 4.52. The summed E-state index contributed by atoms with van der Waals surface area (Å²) in [6, 6.07) is 8.85. The number of rotatable bonds is 4. The van der Waals surface area contributed by atoms with Crippen LogP contribution >= 0.6 is 0 Å². The first-order chi connectivity index (χ1) is 10.1. The highest BCUT2D eigenvalue weighted by Gasteiger charge is 2.27. The lowest BCUT2D eigenvalue weighted by Gasteiger charge is -2.20. The minimum atomic E-state index is -1.00. The number of carbonyl (C=O) groups excluding carboxylic acids is 2. The summed E-state index contributed by atoms with van der Waals surface area (Å²) in [5.74, 6) is -1.01. The summed E-state index contributed by atoms with van der Waals surface area (Å²) in [5.41, 5.74) is 0.665. The maximum atomic E-state index is 12.2. The van der Waals surface area contributed by atoms with E-state index in [0.717, 1.165) is 0 Å². The van der Waals surface area contributed by atoms with Crippen LogP contribution in [0.15, 0.2) is 48.9 Å². The number of ether oxygens (including phenoxy) is 1. The lowest BCUT2D eigenvalue weighted by molar-refractivity contribution is -0.138. The van der Waals surface area contributed by atoms with Crippen LogP contribution in [0.5, 0.6) is 0 Å². The Labute approximate surface area is 122 Å². The first-order valence-corrected chi connectivity index (χ1v) is 6.32. The number of benzene rings is 1. The van der Waals surface area contributed by atoms with E-state index in [-0.39, 0.29) is 11.6 Å². The van der Waals surface area contributed by atoms with E-state index >= 15 is 0 Å². The molecule has 0 unspecified atom stereocenters. The van der Waals surface area contributed by atoms with E-state index in [0.29, 0.717) is 5.56 Å². The van der Waals surface area contributed by atoms with Gasteiger partial charge in [-0.05, 0) is 0 Å². The molecule has 2 rings (SSSR count). The van der Waals surface area contributed by atoms with Gasteiger partial charge < -0.3 is 9.64 Å². The number of esters is 1. The fraction of sp³-hybridized carbons (Fsp3) is 0.200. The molecule has 6 nitrogen and oxygen atoms in total. The third-order valence-corrected chi connectivity index (χ3v) is 2.76. The van der Waals surface area contributed by atoms with Crippen molar-refractivity contribution in [1.29, 1.82) is 0 Å². The normalized spacial score (nSPS) is 11.5. The Morgan fingerprint density at radius 2 is 1.86 bits per heavy atom. The fourth-order valence-electron chi connectivity index (χ4n) is 1.70. The van der Waals surface area contributed by atoms with Crippen LogP contribution in [-0.4, -0.2) is 40.8 Å². The van der Waals surface area contributed by atoms with Gasteiger partial charge in [-0.2, -0.15) is 0 Å². The summed E-state index contributed by atoms with van der Waals surface area (Å²) < 4.78 is 5.31. The quantitative estimate of drug-likeness (QED) is 0.795. The van der Waals surface area contributed by atoms with Crippen molar-refractivity contribution < 1.29 is 14.3 Å². The van der Waals surface area contributed by atoms with E-state index in [1.807, 2.05) is 6.07 Å². The Hall–Kier alpha value is -2.76. The van der Waals surface area contributed by atoms with Crippen LogP contribution in [0, 0.1) is 0 Å². The molecule has 21 heavy (non-hydrogen) atoms. The molecule has 0 bridgehead atoms. The van der Waals surface area contributed by atoms with Crippen molar-refractivity contribution in [1.82, 2.24) is 14.9 Å². The molecule has 0 saturated heterocycles. The molecule has 0 aliphatic heterocycles. The second kappa shape index (κ2) is 6.60. The van der Waals surface area contributed by atoms with Gasteiger partial charge in [-0.1, -0.05) is 30.3 Å². The SMILES string of the molecule is CN(C)C(=O)[C@H](OC(=O)c1cnccn1)c1ccccc1. The molecule has 0 fully saturated rings. The number of hydrogen-bond acceptors (Lipinski definition) is 5. The number of likely N-dealkylation sites (N-methyl/N-ethyl adjacent to an activating group) is 1. The van der Waals surface area contributed by atoms with Gasteiger partial charge in [-0.25, -0.2) is 9.78 Å². The average Bonchev–Trinajstić information content (AvgIpc) is 2.53. The molecule has 108 valence electrons. The smallest absolute Gasteiger partial charge is 0.359 e. The summed E-state index contributed by atoms with van der Waals surface area (Å²) in [7, 11) is 3.21. The fourth-order valence-corrected chi connectivity index (χ4v) is 1.70. The molecule has 0 aliphatic rings. The zero-order valence-electron chi connectivity index (χ0n) is 11.8. The summed E-state index contributed by atoms with van der Waals surface area (Å²) in [4.78, 5) is 33.3. The van der Waals surface area contributed by atoms with Gasteiger partial charge in [0, 0.05) is 32.1 Å². The molecule has 1 aromatic carbocycles. The molecule has 1 aromatic heterocycles. The molecule has 0 spiro atoms. The molecular formula is C15H15N3O3. The second-order valence-corrected chi connectivity index (χ2v) is 4.52. The standard InChI is InChI=1S/C15H15N3O3/c1-18(2)14(19)13(11-6-4-3-5-7-11)21-15(20)12-10-16-8-9-17-12/h3-10,13H,1-2H3/t13-/m1/s1. The topological polar surface area (TPSA) is 72.4 Å². The van der Waals surface area contributed by atoms with Crippen molar-refractivity contribution in [2.24, 2.45) is 0 Å². The molecule has 1 atom stereocenters. The highest BCUT2D eigenvalue weighted by Crippen LogP contribution is 2.20. The van der Waals surface area contributed by atoms with Crippen LogP contribution in [-0.2, 0) is 9.53 Å². The van der Waals surface area contributed by atoms with Crippen LogP contribution in [0.2, 0.25) is 0 Å².